The van der Waals surface area contributed by atoms with E-state index in [1.165, 1.54) is 6.08 Å². The standard InChI is InChI=1S/C24H24ClN3O3/c25-18-8-6-17(7-9-18)24(11-12-24)23(30)28-15-19-13-20(28)14-27(19)21-4-2-1-3-16(21)5-10-22(29)26-31/h1-10,19-20,31H,11-15H2,(H,26,29)/b10-5+. The SMILES string of the molecule is O=C(/C=C/c1ccccc1N1CC2CC1CN2C(=O)C1(c2ccc(Cl)cc2)CC1)NO. The highest BCUT2D eigenvalue weighted by atomic mass is 35.5. The van der Waals surface area contributed by atoms with Crippen molar-refractivity contribution in [3.8, 4) is 0 Å². The van der Waals surface area contributed by atoms with Gasteiger partial charge in [0.2, 0.25) is 5.91 Å². The molecular weight excluding hydrogens is 414 g/mol. The van der Waals surface area contributed by atoms with Crippen molar-refractivity contribution in [1.82, 2.24) is 10.4 Å². The van der Waals surface area contributed by atoms with Gasteiger partial charge in [0, 0.05) is 35.9 Å². The number of anilines is 1. The maximum atomic E-state index is 13.5. The highest BCUT2D eigenvalue weighted by Gasteiger charge is 2.57. The van der Waals surface area contributed by atoms with Gasteiger partial charge >= 0.3 is 0 Å². The first kappa shape index (κ1) is 20.1. The molecule has 0 aromatic heterocycles. The summed E-state index contributed by atoms with van der Waals surface area (Å²) in [6.07, 6.45) is 5.76. The zero-order chi connectivity index (χ0) is 21.6. The van der Waals surface area contributed by atoms with Crippen LogP contribution in [0.5, 0.6) is 0 Å². The third-order valence-electron chi connectivity index (χ3n) is 6.83. The number of piperazine rings is 1. The molecule has 6 nitrogen and oxygen atoms in total. The summed E-state index contributed by atoms with van der Waals surface area (Å²) in [6.45, 7) is 1.50. The molecule has 0 radical (unpaired) electrons. The summed E-state index contributed by atoms with van der Waals surface area (Å²) >= 11 is 6.04. The number of para-hydroxylation sites is 1. The molecule has 2 saturated heterocycles. The highest BCUT2D eigenvalue weighted by Crippen LogP contribution is 2.51. The molecule has 2 aromatic rings. The fourth-order valence-electron chi connectivity index (χ4n) is 5.10. The number of rotatable bonds is 5. The van der Waals surface area contributed by atoms with Gasteiger partial charge in [0.1, 0.15) is 0 Å². The van der Waals surface area contributed by atoms with Crippen LogP contribution in [0.15, 0.2) is 54.6 Å². The number of benzene rings is 2. The van der Waals surface area contributed by atoms with Crippen molar-refractivity contribution in [2.24, 2.45) is 0 Å². The summed E-state index contributed by atoms with van der Waals surface area (Å²) in [5.41, 5.74) is 4.26. The minimum Gasteiger partial charge on any atom is -0.364 e. The van der Waals surface area contributed by atoms with Crippen LogP contribution in [-0.2, 0) is 15.0 Å². The van der Waals surface area contributed by atoms with E-state index in [2.05, 4.69) is 9.80 Å². The Morgan fingerprint density at radius 2 is 1.81 bits per heavy atom. The molecule has 160 valence electrons. The number of carbonyl (C=O) groups is 2. The predicted octanol–water partition coefficient (Wildman–Crippen LogP) is 3.38. The minimum atomic E-state index is -0.563. The molecule has 3 aliphatic rings. The third-order valence-corrected chi connectivity index (χ3v) is 7.08. The fourth-order valence-corrected chi connectivity index (χ4v) is 5.22. The Balaban J connectivity index is 1.33. The van der Waals surface area contributed by atoms with Gasteiger partial charge < -0.3 is 9.80 Å². The van der Waals surface area contributed by atoms with E-state index in [1.54, 1.807) is 11.6 Å². The van der Waals surface area contributed by atoms with Crippen LogP contribution in [0.4, 0.5) is 5.69 Å². The molecule has 2 atom stereocenters. The molecule has 5 rings (SSSR count). The Morgan fingerprint density at radius 1 is 1.06 bits per heavy atom. The molecule has 2 bridgehead atoms. The molecule has 2 aromatic carbocycles. The summed E-state index contributed by atoms with van der Waals surface area (Å²) < 4.78 is 0. The Labute approximate surface area is 186 Å². The average molecular weight is 438 g/mol. The zero-order valence-corrected chi connectivity index (χ0v) is 17.8. The number of amides is 2. The molecule has 1 aliphatic carbocycles. The van der Waals surface area contributed by atoms with Crippen LogP contribution in [0.25, 0.3) is 6.08 Å². The van der Waals surface area contributed by atoms with Crippen molar-refractivity contribution in [3.05, 3.63) is 70.8 Å². The van der Waals surface area contributed by atoms with Crippen LogP contribution in [0.1, 0.15) is 30.4 Å². The van der Waals surface area contributed by atoms with Crippen LogP contribution in [0, 0.1) is 0 Å². The summed E-state index contributed by atoms with van der Waals surface area (Å²) in [5, 5.41) is 9.41. The zero-order valence-electron chi connectivity index (χ0n) is 17.0. The smallest absolute Gasteiger partial charge is 0.267 e. The number of hydroxylamine groups is 1. The molecule has 2 unspecified atom stereocenters. The number of hydrogen-bond acceptors (Lipinski definition) is 4. The second-order valence-electron chi connectivity index (χ2n) is 8.61. The Morgan fingerprint density at radius 3 is 2.45 bits per heavy atom. The van der Waals surface area contributed by atoms with E-state index < -0.39 is 5.91 Å². The minimum absolute atomic E-state index is 0.194. The fraction of sp³-hybridized carbons (Fsp3) is 0.333. The van der Waals surface area contributed by atoms with Crippen molar-refractivity contribution >= 4 is 35.2 Å². The molecule has 3 fully saturated rings. The number of fused-ring (bicyclic) bond motifs is 2. The lowest BCUT2D eigenvalue weighted by Gasteiger charge is -2.38. The van der Waals surface area contributed by atoms with Gasteiger partial charge in [-0.3, -0.25) is 14.8 Å². The second kappa shape index (κ2) is 7.70. The van der Waals surface area contributed by atoms with Crippen LogP contribution in [-0.4, -0.2) is 47.1 Å². The molecular formula is C24H24ClN3O3. The van der Waals surface area contributed by atoms with E-state index in [0.717, 1.165) is 42.6 Å². The van der Waals surface area contributed by atoms with Gasteiger partial charge in [-0.1, -0.05) is 41.9 Å². The van der Waals surface area contributed by atoms with Gasteiger partial charge in [-0.2, -0.15) is 0 Å². The van der Waals surface area contributed by atoms with Gasteiger partial charge in [0.25, 0.3) is 5.91 Å². The molecule has 31 heavy (non-hydrogen) atoms. The lowest BCUT2D eigenvalue weighted by Crippen LogP contribution is -2.51. The Bertz CT molecular complexity index is 1050. The van der Waals surface area contributed by atoms with E-state index in [-0.39, 0.29) is 23.4 Å². The third kappa shape index (κ3) is 3.50. The number of halogens is 1. The summed E-state index contributed by atoms with van der Waals surface area (Å²) in [4.78, 5) is 29.3. The van der Waals surface area contributed by atoms with Crippen LogP contribution in [0.2, 0.25) is 5.02 Å². The quantitative estimate of drug-likeness (QED) is 0.427. The number of nitrogens with zero attached hydrogens (tertiary/aromatic N) is 2. The van der Waals surface area contributed by atoms with Crippen molar-refractivity contribution in [2.75, 3.05) is 18.0 Å². The Kier molecular flexibility index (Phi) is 4.99. The molecule has 2 N–H and O–H groups in total. The van der Waals surface area contributed by atoms with Crippen molar-refractivity contribution in [3.63, 3.8) is 0 Å². The first-order chi connectivity index (χ1) is 15.0. The Hall–Kier alpha value is -2.83. The maximum Gasteiger partial charge on any atom is 0.267 e. The molecule has 1 saturated carbocycles. The summed E-state index contributed by atoms with van der Waals surface area (Å²) in [7, 11) is 0. The first-order valence-electron chi connectivity index (χ1n) is 10.6. The van der Waals surface area contributed by atoms with Crippen molar-refractivity contribution in [2.45, 2.75) is 36.8 Å². The van der Waals surface area contributed by atoms with Crippen molar-refractivity contribution in [1.29, 1.82) is 0 Å². The lowest BCUT2D eigenvalue weighted by atomic mass is 9.94. The van der Waals surface area contributed by atoms with Crippen LogP contribution >= 0.6 is 11.6 Å². The molecule has 0 spiro atoms. The molecule has 7 heteroatoms. The van der Waals surface area contributed by atoms with Gasteiger partial charge in [-0.25, -0.2) is 5.48 Å². The number of hydrogen-bond donors (Lipinski definition) is 2. The van der Waals surface area contributed by atoms with Gasteiger partial charge in [-0.15, -0.1) is 0 Å². The number of nitrogens with one attached hydrogen (secondary N) is 1. The van der Waals surface area contributed by atoms with E-state index in [9.17, 15) is 9.59 Å². The van der Waals surface area contributed by atoms with E-state index in [4.69, 9.17) is 16.8 Å². The molecule has 2 heterocycles. The van der Waals surface area contributed by atoms with E-state index >= 15 is 0 Å². The van der Waals surface area contributed by atoms with E-state index in [0.29, 0.717) is 11.6 Å². The van der Waals surface area contributed by atoms with Gasteiger partial charge in [0.05, 0.1) is 11.5 Å². The maximum absolute atomic E-state index is 13.5. The average Bonchev–Trinajstić information content (AvgIpc) is 3.36. The van der Waals surface area contributed by atoms with Gasteiger partial charge in [-0.05, 0) is 54.7 Å². The van der Waals surface area contributed by atoms with Crippen LogP contribution < -0.4 is 10.4 Å². The number of likely N-dealkylation sites (tertiary alicyclic amines) is 1. The topological polar surface area (TPSA) is 72.9 Å². The summed E-state index contributed by atoms with van der Waals surface area (Å²) in [5.74, 6) is -0.318. The molecule has 2 amide bonds. The largest absolute Gasteiger partial charge is 0.364 e. The highest BCUT2D eigenvalue weighted by molar-refractivity contribution is 6.30. The second-order valence-corrected chi connectivity index (χ2v) is 9.05. The molecule has 2 aliphatic heterocycles. The van der Waals surface area contributed by atoms with E-state index in [1.807, 2.05) is 48.5 Å². The predicted molar refractivity (Wildman–Crippen MR) is 119 cm³/mol. The van der Waals surface area contributed by atoms with Gasteiger partial charge in [0.15, 0.2) is 0 Å². The van der Waals surface area contributed by atoms with Crippen LogP contribution in [0.3, 0.4) is 0 Å². The monoisotopic (exact) mass is 437 g/mol. The number of carbonyl (C=O) groups excluding carboxylic acids is 2. The summed E-state index contributed by atoms with van der Waals surface area (Å²) in [6, 6.07) is 16.0. The lowest BCUT2D eigenvalue weighted by molar-refractivity contribution is -0.135. The van der Waals surface area contributed by atoms with Crippen molar-refractivity contribution < 1.29 is 14.8 Å². The normalized spacial score (nSPS) is 23.4. The first-order valence-corrected chi connectivity index (χ1v) is 10.9.